The predicted octanol–water partition coefficient (Wildman–Crippen LogP) is 2.12. The Bertz CT molecular complexity index is 2040. The van der Waals surface area contributed by atoms with Crippen molar-refractivity contribution in [2.75, 3.05) is 14.2 Å². The first-order valence-corrected chi connectivity index (χ1v) is 13.1. The Morgan fingerprint density at radius 2 is 1.45 bits per heavy atom. The maximum absolute atomic E-state index is 14.2. The van der Waals surface area contributed by atoms with Gasteiger partial charge in [-0.05, 0) is 49.2 Å². The Morgan fingerprint density at radius 3 is 2.05 bits per heavy atom. The summed E-state index contributed by atoms with van der Waals surface area (Å²) in [6.45, 7) is 3.37. The highest BCUT2D eigenvalue weighted by atomic mass is 16.7. The first-order chi connectivity index (χ1) is 19.9. The number of phenolic OH excluding ortho intramolecular Hbond substituents is 2. The summed E-state index contributed by atoms with van der Waals surface area (Å²) < 4.78 is 28.3. The van der Waals surface area contributed by atoms with Gasteiger partial charge in [0.1, 0.15) is 45.0 Å². The van der Waals surface area contributed by atoms with E-state index in [1.807, 2.05) is 0 Å². The molecule has 5 atom stereocenters. The molecular formula is C30H24O12. The van der Waals surface area contributed by atoms with Crippen LogP contribution >= 0.6 is 0 Å². The van der Waals surface area contributed by atoms with E-state index in [9.17, 15) is 34.5 Å². The van der Waals surface area contributed by atoms with Crippen molar-refractivity contribution < 1.29 is 48.0 Å². The van der Waals surface area contributed by atoms with Crippen molar-refractivity contribution in [2.24, 2.45) is 11.8 Å². The molecule has 1 aliphatic heterocycles. The van der Waals surface area contributed by atoms with Crippen molar-refractivity contribution in [3.8, 4) is 11.5 Å². The van der Waals surface area contributed by atoms with Crippen molar-refractivity contribution >= 4 is 33.9 Å². The quantitative estimate of drug-likeness (QED) is 0.296. The lowest BCUT2D eigenvalue weighted by Crippen LogP contribution is -2.49. The van der Waals surface area contributed by atoms with E-state index in [2.05, 4.69) is 0 Å². The number of ether oxygens (including phenoxy) is 3. The average Bonchev–Trinajstić information content (AvgIpc) is 3.36. The molecule has 3 heterocycles. The Kier molecular flexibility index (Phi) is 5.12. The van der Waals surface area contributed by atoms with Crippen molar-refractivity contribution in [1.82, 2.24) is 0 Å². The zero-order chi connectivity index (χ0) is 30.0. The van der Waals surface area contributed by atoms with Crippen LogP contribution in [0.25, 0.3) is 21.9 Å². The first kappa shape index (κ1) is 26.2. The van der Waals surface area contributed by atoms with E-state index in [-0.39, 0.29) is 51.2 Å². The van der Waals surface area contributed by atoms with Crippen molar-refractivity contribution in [3.63, 3.8) is 0 Å². The summed E-state index contributed by atoms with van der Waals surface area (Å²) in [5.74, 6) is -9.88. The van der Waals surface area contributed by atoms with Gasteiger partial charge in [0, 0.05) is 23.8 Å². The third kappa shape index (κ3) is 2.92. The Morgan fingerprint density at radius 1 is 0.881 bits per heavy atom. The van der Waals surface area contributed by atoms with E-state index in [1.54, 1.807) is 19.9 Å². The molecule has 4 aromatic rings. The minimum absolute atomic E-state index is 0.0215. The van der Waals surface area contributed by atoms with Crippen LogP contribution in [0.15, 0.2) is 42.7 Å². The molecule has 0 radical (unpaired) electrons. The Hall–Kier alpha value is -4.68. The fourth-order valence-electron chi connectivity index (χ4n) is 7.29. The summed E-state index contributed by atoms with van der Waals surface area (Å²) in [4.78, 5) is 55.2. The first-order valence-electron chi connectivity index (χ1n) is 13.1. The number of aliphatic hydroxyl groups is 1. The molecule has 2 aromatic heterocycles. The number of hydrogen-bond acceptors (Lipinski definition) is 12. The molecule has 0 bridgehead atoms. The van der Waals surface area contributed by atoms with Crippen molar-refractivity contribution in [1.29, 1.82) is 0 Å². The van der Waals surface area contributed by atoms with Crippen LogP contribution in [0.3, 0.4) is 0 Å². The van der Waals surface area contributed by atoms with Gasteiger partial charge in [-0.1, -0.05) is 0 Å². The topological polar surface area (TPSA) is 183 Å². The minimum atomic E-state index is -2.78. The van der Waals surface area contributed by atoms with E-state index in [1.165, 1.54) is 18.2 Å². The molecule has 12 nitrogen and oxygen atoms in total. The number of carbonyl (C=O) groups excluding carboxylic acids is 2. The van der Waals surface area contributed by atoms with E-state index >= 15 is 0 Å². The smallest absolute Gasteiger partial charge is 0.366 e. The second-order valence-electron chi connectivity index (χ2n) is 11.1. The summed E-state index contributed by atoms with van der Waals surface area (Å²) in [7, 11) is 2.06. The lowest BCUT2D eigenvalue weighted by atomic mass is 9.66. The SMILES string of the molecule is COC(=O)C1(O)O[C@]2(C(=O)OC)c3c(oc4cc(C)cc(O)c4c3=O)[C@@H]3c4c(oc5cc(C)cc(O)c5c4=O)C[C@H]1[C@@H]32. The molecule has 0 saturated carbocycles. The molecule has 0 amide bonds. The van der Waals surface area contributed by atoms with Crippen molar-refractivity contribution in [2.45, 2.75) is 37.6 Å². The van der Waals surface area contributed by atoms with Crippen LogP contribution in [0.1, 0.15) is 39.7 Å². The second-order valence-corrected chi connectivity index (χ2v) is 11.1. The number of fused-ring (bicyclic) bond motifs is 7. The van der Waals surface area contributed by atoms with Gasteiger partial charge in [-0.3, -0.25) is 9.59 Å². The largest absolute Gasteiger partial charge is 0.507 e. The number of esters is 2. The molecule has 2 aromatic carbocycles. The molecule has 3 N–H and O–H groups in total. The highest BCUT2D eigenvalue weighted by Crippen LogP contribution is 2.67. The number of hydrogen-bond donors (Lipinski definition) is 3. The minimum Gasteiger partial charge on any atom is -0.507 e. The summed E-state index contributed by atoms with van der Waals surface area (Å²) >= 11 is 0. The van der Waals surface area contributed by atoms with Gasteiger partial charge >= 0.3 is 11.9 Å². The number of methoxy groups -OCH3 is 2. The van der Waals surface area contributed by atoms with Crippen LogP contribution in [0, 0.1) is 25.7 Å². The van der Waals surface area contributed by atoms with Crippen LogP contribution in [0.2, 0.25) is 0 Å². The van der Waals surface area contributed by atoms with Crippen LogP contribution in [0.5, 0.6) is 11.5 Å². The fraction of sp³-hybridized carbons (Fsp3) is 0.333. The lowest BCUT2D eigenvalue weighted by Gasteiger charge is -2.35. The van der Waals surface area contributed by atoms with Gasteiger partial charge in [-0.25, -0.2) is 9.59 Å². The highest BCUT2D eigenvalue weighted by Gasteiger charge is 2.78. The molecule has 7 rings (SSSR count). The number of phenols is 2. The molecule has 2 aliphatic carbocycles. The molecule has 3 aliphatic rings. The van der Waals surface area contributed by atoms with E-state index in [0.29, 0.717) is 11.1 Å². The van der Waals surface area contributed by atoms with Crippen LogP contribution in [-0.4, -0.2) is 47.3 Å². The molecule has 1 unspecified atom stereocenters. The van der Waals surface area contributed by atoms with Gasteiger partial charge in [0.2, 0.25) is 16.5 Å². The summed E-state index contributed by atoms with van der Waals surface area (Å²) in [6, 6.07) is 5.80. The lowest BCUT2D eigenvalue weighted by molar-refractivity contribution is -0.251. The van der Waals surface area contributed by atoms with E-state index < -0.39 is 63.3 Å². The van der Waals surface area contributed by atoms with Crippen LogP contribution in [-0.2, 0) is 35.8 Å². The van der Waals surface area contributed by atoms with Crippen LogP contribution in [0.4, 0.5) is 0 Å². The third-order valence-electron chi connectivity index (χ3n) is 8.79. The zero-order valence-corrected chi connectivity index (χ0v) is 22.8. The molecule has 42 heavy (non-hydrogen) atoms. The number of aryl methyl sites for hydroxylation is 2. The monoisotopic (exact) mass is 576 g/mol. The van der Waals surface area contributed by atoms with E-state index in [4.69, 9.17) is 23.0 Å². The Balaban J connectivity index is 1.68. The highest BCUT2D eigenvalue weighted by molar-refractivity contribution is 5.92. The third-order valence-corrected chi connectivity index (χ3v) is 8.79. The fourth-order valence-corrected chi connectivity index (χ4v) is 7.29. The molecule has 0 spiro atoms. The van der Waals surface area contributed by atoms with Gasteiger partial charge in [-0.2, -0.15) is 0 Å². The van der Waals surface area contributed by atoms with Gasteiger partial charge in [0.15, 0.2) is 0 Å². The Labute approximate surface area is 235 Å². The van der Waals surface area contributed by atoms with Crippen molar-refractivity contribution in [3.05, 3.63) is 78.5 Å². The summed E-state index contributed by atoms with van der Waals surface area (Å²) in [6.07, 6.45) is -0.285. The van der Waals surface area contributed by atoms with Gasteiger partial charge in [0.05, 0.1) is 25.7 Å². The molecular weight excluding hydrogens is 552 g/mol. The molecule has 1 fully saturated rings. The molecule has 216 valence electrons. The molecule has 12 heteroatoms. The normalized spacial score (nSPS) is 27.0. The maximum atomic E-state index is 14.2. The standard InChI is InChI=1S/C30H24O12/c1-10-5-13(31)18-15(7-10)40-17-9-12-22-21(20(17)24(18)33)26-23(25(34)19-14(32)6-11(2)8-16(19)41-26)29(22,27(35)38-3)42-30(12,37)28(36)39-4/h5-8,12,21-22,31-32,37H,9H2,1-4H3/t12-,21+,22-,29-,30?/m0/s1. The van der Waals surface area contributed by atoms with Crippen LogP contribution < -0.4 is 10.9 Å². The van der Waals surface area contributed by atoms with Gasteiger partial charge < -0.3 is 38.4 Å². The average molecular weight is 577 g/mol. The van der Waals surface area contributed by atoms with Gasteiger partial charge in [0.25, 0.3) is 5.79 Å². The summed E-state index contributed by atoms with van der Waals surface area (Å²) in [5, 5.41) is 32.8. The number of rotatable bonds is 2. The number of benzene rings is 2. The maximum Gasteiger partial charge on any atom is 0.366 e. The second kappa shape index (κ2) is 8.20. The molecule has 1 saturated heterocycles. The number of carbonyl (C=O) groups is 2. The number of aromatic hydroxyl groups is 2. The van der Waals surface area contributed by atoms with E-state index in [0.717, 1.165) is 14.2 Å². The predicted molar refractivity (Wildman–Crippen MR) is 142 cm³/mol. The van der Waals surface area contributed by atoms with Gasteiger partial charge in [-0.15, -0.1) is 0 Å². The summed E-state index contributed by atoms with van der Waals surface area (Å²) in [5.41, 5.74) is -3.22. The zero-order valence-electron chi connectivity index (χ0n) is 22.8.